The van der Waals surface area contributed by atoms with E-state index < -0.39 is 0 Å². The van der Waals surface area contributed by atoms with E-state index in [0.29, 0.717) is 13.2 Å². The lowest BCUT2D eigenvalue weighted by Gasteiger charge is -2.21. The lowest BCUT2D eigenvalue weighted by atomic mass is 10.1. The Morgan fingerprint density at radius 3 is 2.44 bits per heavy atom. The van der Waals surface area contributed by atoms with E-state index in [1.54, 1.807) is 0 Å². The van der Waals surface area contributed by atoms with Gasteiger partial charge in [-0.15, -0.1) is 0 Å². The van der Waals surface area contributed by atoms with Crippen LogP contribution in [-0.2, 0) is 9.47 Å². The number of rotatable bonds is 6. The van der Waals surface area contributed by atoms with Gasteiger partial charge in [0.25, 0.3) is 0 Å². The van der Waals surface area contributed by atoms with Gasteiger partial charge in [0.05, 0.1) is 24.9 Å². The molecule has 0 N–H and O–H groups in total. The largest absolute Gasteiger partial charge is 0.373 e. The van der Waals surface area contributed by atoms with Crippen molar-refractivity contribution >= 4 is 38.5 Å². The highest BCUT2D eigenvalue weighted by Crippen LogP contribution is 2.27. The summed E-state index contributed by atoms with van der Waals surface area (Å²) in [7, 11) is 0. The summed E-state index contributed by atoms with van der Waals surface area (Å²) >= 11 is 5.91. The van der Waals surface area contributed by atoms with Crippen molar-refractivity contribution < 1.29 is 9.47 Å². The van der Waals surface area contributed by atoms with Gasteiger partial charge in [0.15, 0.2) is 0 Å². The number of hydrogen-bond donors (Lipinski definition) is 0. The van der Waals surface area contributed by atoms with Gasteiger partial charge in [-0.3, -0.25) is 0 Å². The smallest absolute Gasteiger partial charge is 0.0926 e. The standard InChI is InChI=1S/C14H20BrIO2/c1-14(2,3)18-9-8-17-13(10-16)11-6-4-5-7-12(11)15/h4-7,13H,8-10H2,1-3H3. The maximum Gasteiger partial charge on any atom is 0.0926 e. The van der Waals surface area contributed by atoms with Gasteiger partial charge < -0.3 is 9.47 Å². The van der Waals surface area contributed by atoms with Crippen LogP contribution in [0.4, 0.5) is 0 Å². The first kappa shape index (κ1) is 16.4. The van der Waals surface area contributed by atoms with E-state index in [0.717, 1.165) is 8.90 Å². The molecule has 0 aliphatic rings. The summed E-state index contributed by atoms with van der Waals surface area (Å²) < 4.78 is 13.6. The van der Waals surface area contributed by atoms with Crippen LogP contribution in [0.3, 0.4) is 0 Å². The number of benzene rings is 1. The molecule has 0 saturated heterocycles. The summed E-state index contributed by atoms with van der Waals surface area (Å²) in [6, 6.07) is 8.19. The van der Waals surface area contributed by atoms with Gasteiger partial charge in [0.1, 0.15) is 0 Å². The molecule has 0 bridgehead atoms. The Kier molecular flexibility index (Phi) is 7.13. The van der Waals surface area contributed by atoms with Gasteiger partial charge in [0.2, 0.25) is 0 Å². The van der Waals surface area contributed by atoms with Gasteiger partial charge in [-0.2, -0.15) is 0 Å². The minimum Gasteiger partial charge on any atom is -0.373 e. The Labute approximate surface area is 132 Å². The van der Waals surface area contributed by atoms with E-state index in [1.165, 1.54) is 5.56 Å². The highest BCUT2D eigenvalue weighted by molar-refractivity contribution is 14.1. The first-order valence-corrected chi connectivity index (χ1v) is 8.32. The average Bonchev–Trinajstić information content (AvgIpc) is 2.29. The molecule has 0 aromatic heterocycles. The minimum absolute atomic E-state index is 0.101. The zero-order valence-electron chi connectivity index (χ0n) is 11.1. The van der Waals surface area contributed by atoms with Crippen LogP contribution in [0, 0.1) is 0 Å². The Balaban J connectivity index is 2.46. The van der Waals surface area contributed by atoms with Crippen LogP contribution < -0.4 is 0 Å². The van der Waals surface area contributed by atoms with Crippen molar-refractivity contribution in [1.82, 2.24) is 0 Å². The molecule has 1 unspecified atom stereocenters. The van der Waals surface area contributed by atoms with Crippen LogP contribution in [0.5, 0.6) is 0 Å². The fourth-order valence-corrected chi connectivity index (χ4v) is 2.76. The summed E-state index contributed by atoms with van der Waals surface area (Å²) in [4.78, 5) is 0. The van der Waals surface area contributed by atoms with Crippen LogP contribution in [0.25, 0.3) is 0 Å². The molecule has 0 aliphatic carbocycles. The van der Waals surface area contributed by atoms with Gasteiger partial charge >= 0.3 is 0 Å². The first-order chi connectivity index (χ1) is 8.44. The van der Waals surface area contributed by atoms with E-state index in [9.17, 15) is 0 Å². The minimum atomic E-state index is -0.101. The molecule has 0 fully saturated rings. The molecule has 18 heavy (non-hydrogen) atoms. The van der Waals surface area contributed by atoms with E-state index in [4.69, 9.17) is 9.47 Å². The molecule has 102 valence electrons. The van der Waals surface area contributed by atoms with Crippen LogP contribution in [0.1, 0.15) is 32.4 Å². The quantitative estimate of drug-likeness (QED) is 0.371. The monoisotopic (exact) mass is 426 g/mol. The fourth-order valence-electron chi connectivity index (χ4n) is 1.49. The predicted molar refractivity (Wildman–Crippen MR) is 87.4 cm³/mol. The van der Waals surface area contributed by atoms with Crippen molar-refractivity contribution in [3.05, 3.63) is 34.3 Å². The molecule has 2 nitrogen and oxygen atoms in total. The molecule has 1 rings (SSSR count). The Hall–Kier alpha value is 0.350. The molecule has 0 radical (unpaired) electrons. The first-order valence-electron chi connectivity index (χ1n) is 6.00. The third kappa shape index (κ3) is 5.99. The number of ether oxygens (including phenoxy) is 2. The highest BCUT2D eigenvalue weighted by Gasteiger charge is 2.14. The Morgan fingerprint density at radius 1 is 1.22 bits per heavy atom. The van der Waals surface area contributed by atoms with E-state index in [-0.39, 0.29) is 11.7 Å². The lowest BCUT2D eigenvalue weighted by molar-refractivity contribution is -0.0478. The Bertz CT molecular complexity index is 363. The topological polar surface area (TPSA) is 18.5 Å². The molecule has 1 atom stereocenters. The van der Waals surface area contributed by atoms with Crippen LogP contribution in [0.2, 0.25) is 0 Å². The van der Waals surface area contributed by atoms with Crippen LogP contribution >= 0.6 is 38.5 Å². The molecule has 0 amide bonds. The van der Waals surface area contributed by atoms with Crippen molar-refractivity contribution in [3.63, 3.8) is 0 Å². The summed E-state index contributed by atoms with van der Waals surface area (Å²) in [6.07, 6.45) is 0.116. The second-order valence-corrected chi connectivity index (χ2v) is 6.73. The molecule has 0 heterocycles. The molecule has 0 aliphatic heterocycles. The molecule has 0 spiro atoms. The third-order valence-electron chi connectivity index (χ3n) is 2.33. The van der Waals surface area contributed by atoms with Crippen molar-refractivity contribution in [3.8, 4) is 0 Å². The van der Waals surface area contributed by atoms with Gasteiger partial charge in [-0.25, -0.2) is 0 Å². The van der Waals surface area contributed by atoms with Crippen LogP contribution in [-0.4, -0.2) is 23.2 Å². The normalized spacial score (nSPS) is 13.6. The average molecular weight is 427 g/mol. The van der Waals surface area contributed by atoms with Gasteiger partial charge in [0, 0.05) is 8.90 Å². The van der Waals surface area contributed by atoms with Crippen molar-refractivity contribution in [1.29, 1.82) is 0 Å². The number of hydrogen-bond acceptors (Lipinski definition) is 2. The summed E-state index contributed by atoms with van der Waals surface area (Å²) in [5.41, 5.74) is 1.10. The molecular weight excluding hydrogens is 407 g/mol. The van der Waals surface area contributed by atoms with Crippen molar-refractivity contribution in [2.45, 2.75) is 32.5 Å². The van der Waals surface area contributed by atoms with E-state index >= 15 is 0 Å². The SMILES string of the molecule is CC(C)(C)OCCOC(CI)c1ccccc1Br. The molecule has 1 aromatic rings. The second kappa shape index (κ2) is 7.82. The second-order valence-electron chi connectivity index (χ2n) is 5.00. The summed E-state index contributed by atoms with van der Waals surface area (Å²) in [6.45, 7) is 7.40. The van der Waals surface area contributed by atoms with Gasteiger partial charge in [-0.1, -0.05) is 56.7 Å². The number of halogens is 2. The highest BCUT2D eigenvalue weighted by atomic mass is 127. The van der Waals surface area contributed by atoms with Gasteiger partial charge in [-0.05, 0) is 32.4 Å². The van der Waals surface area contributed by atoms with Crippen LogP contribution in [0.15, 0.2) is 28.7 Å². The Morgan fingerprint density at radius 2 is 1.89 bits per heavy atom. The molecule has 1 aromatic carbocycles. The zero-order chi connectivity index (χ0) is 13.6. The fraction of sp³-hybridized carbons (Fsp3) is 0.571. The maximum atomic E-state index is 5.89. The predicted octanol–water partition coefficient (Wildman–Crippen LogP) is 4.76. The third-order valence-corrected chi connectivity index (χ3v) is 3.85. The maximum absolute atomic E-state index is 5.89. The number of alkyl halides is 1. The van der Waals surface area contributed by atoms with Crippen molar-refractivity contribution in [2.75, 3.05) is 17.6 Å². The molecule has 0 saturated carbocycles. The van der Waals surface area contributed by atoms with E-state index in [2.05, 4.69) is 65.4 Å². The van der Waals surface area contributed by atoms with E-state index in [1.807, 2.05) is 18.2 Å². The zero-order valence-corrected chi connectivity index (χ0v) is 14.8. The lowest BCUT2D eigenvalue weighted by Crippen LogP contribution is -2.22. The summed E-state index contributed by atoms with van der Waals surface area (Å²) in [5.74, 6) is 0. The van der Waals surface area contributed by atoms with Crippen molar-refractivity contribution in [2.24, 2.45) is 0 Å². The molecular formula is C14H20BrIO2. The summed E-state index contributed by atoms with van der Waals surface area (Å²) in [5, 5.41) is 0. The molecule has 4 heteroatoms.